The summed E-state index contributed by atoms with van der Waals surface area (Å²) < 4.78 is 0. The molecule has 0 rings (SSSR count). The van der Waals surface area contributed by atoms with Crippen LogP contribution < -0.4 is 0 Å². The molecule has 0 saturated carbocycles. The van der Waals surface area contributed by atoms with Crippen LogP contribution in [-0.4, -0.2) is 5.78 Å². The van der Waals surface area contributed by atoms with Crippen LogP contribution in [0.15, 0.2) is 22.3 Å². The van der Waals surface area contributed by atoms with Crippen LogP contribution in [0, 0.1) is 0 Å². The van der Waals surface area contributed by atoms with Crippen molar-refractivity contribution in [2.75, 3.05) is 0 Å². The van der Waals surface area contributed by atoms with Gasteiger partial charge in [0.1, 0.15) is 0 Å². The van der Waals surface area contributed by atoms with Crippen LogP contribution in [0.2, 0.25) is 0 Å². The maximum Gasteiger partial charge on any atom is 0.155 e. The highest BCUT2D eigenvalue weighted by atomic mass is 16.1. The zero-order valence-corrected chi connectivity index (χ0v) is 9.62. The normalized spacial score (nSPS) is 14.9. The van der Waals surface area contributed by atoms with Crippen LogP contribution in [0.3, 0.4) is 0 Å². The molecule has 0 N–H and O–H groups in total. The molecule has 0 aliphatic heterocycles. The first kappa shape index (κ1) is 12.2. The molecule has 0 spiro atoms. The average Bonchev–Trinajstić information content (AvgIpc) is 2.12. The Hall–Kier alpha value is -0.850. The lowest BCUT2D eigenvalue weighted by Crippen LogP contribution is -1.98. The van der Waals surface area contributed by atoms with Crippen LogP contribution in [0.5, 0.6) is 0 Å². The van der Waals surface area contributed by atoms with E-state index in [2.05, 4.69) is 20.8 Å². The fourth-order valence-corrected chi connectivity index (χ4v) is 1.13. The highest BCUT2D eigenvalue weighted by molar-refractivity contribution is 5.94. The van der Waals surface area contributed by atoms with Crippen LogP contribution in [0.25, 0.3) is 0 Å². The van der Waals surface area contributed by atoms with Crippen LogP contribution in [0.1, 0.15) is 48.0 Å². The largest absolute Gasteiger partial charge is 0.295 e. The third-order valence-electron chi connectivity index (χ3n) is 2.82. The van der Waals surface area contributed by atoms with E-state index in [1.165, 1.54) is 11.1 Å². The van der Waals surface area contributed by atoms with Gasteiger partial charge in [0.2, 0.25) is 0 Å². The number of rotatable bonds is 3. The van der Waals surface area contributed by atoms with Gasteiger partial charge in [0, 0.05) is 0 Å². The van der Waals surface area contributed by atoms with E-state index in [1.54, 1.807) is 6.92 Å². The van der Waals surface area contributed by atoms with E-state index in [0.717, 1.165) is 17.6 Å². The van der Waals surface area contributed by atoms with Gasteiger partial charge in [-0.05, 0) is 57.8 Å². The first-order valence-electron chi connectivity index (χ1n) is 4.76. The SMILES string of the molecule is CC/C(C)=C(C)/C(C)=C(\C)C(C)=O. The van der Waals surface area contributed by atoms with Crippen molar-refractivity contribution in [1.29, 1.82) is 0 Å². The predicted molar refractivity (Wildman–Crippen MR) is 57.7 cm³/mol. The summed E-state index contributed by atoms with van der Waals surface area (Å²) in [5.74, 6) is 0.167. The predicted octanol–water partition coefficient (Wildman–Crippen LogP) is 3.66. The Balaban J connectivity index is 5.10. The first-order chi connectivity index (χ1) is 5.91. The van der Waals surface area contributed by atoms with Crippen LogP contribution in [0.4, 0.5) is 0 Å². The Labute approximate surface area is 81.5 Å². The maximum atomic E-state index is 11.1. The highest BCUT2D eigenvalue weighted by Gasteiger charge is 2.05. The Morgan fingerprint density at radius 3 is 1.62 bits per heavy atom. The van der Waals surface area contributed by atoms with Gasteiger partial charge < -0.3 is 0 Å². The van der Waals surface area contributed by atoms with Crippen molar-refractivity contribution in [2.45, 2.75) is 48.0 Å². The molecule has 0 unspecified atom stereocenters. The summed E-state index contributed by atoms with van der Waals surface area (Å²) in [6, 6.07) is 0. The van der Waals surface area contributed by atoms with Gasteiger partial charge in [-0.2, -0.15) is 0 Å². The molecule has 0 atom stereocenters. The molecule has 0 fully saturated rings. The van der Waals surface area contributed by atoms with E-state index in [-0.39, 0.29) is 5.78 Å². The molecule has 0 saturated heterocycles. The van der Waals surface area contributed by atoms with Crippen molar-refractivity contribution in [3.63, 3.8) is 0 Å². The molecule has 74 valence electrons. The van der Waals surface area contributed by atoms with Gasteiger partial charge in [-0.1, -0.05) is 12.5 Å². The van der Waals surface area contributed by atoms with Gasteiger partial charge in [0.15, 0.2) is 5.78 Å². The van der Waals surface area contributed by atoms with Crippen molar-refractivity contribution in [2.24, 2.45) is 0 Å². The van der Waals surface area contributed by atoms with Gasteiger partial charge >= 0.3 is 0 Å². The molecule has 0 aliphatic carbocycles. The Bertz CT molecular complexity index is 267. The third kappa shape index (κ3) is 3.17. The highest BCUT2D eigenvalue weighted by Crippen LogP contribution is 2.19. The van der Waals surface area contributed by atoms with Crippen molar-refractivity contribution in [3.8, 4) is 0 Å². The summed E-state index contributed by atoms with van der Waals surface area (Å²) in [6.45, 7) is 11.9. The lowest BCUT2D eigenvalue weighted by atomic mass is 9.97. The van der Waals surface area contributed by atoms with Gasteiger partial charge in [0.05, 0.1) is 0 Å². The molecule has 13 heavy (non-hydrogen) atoms. The monoisotopic (exact) mass is 180 g/mol. The molecule has 1 nitrogen and oxygen atoms in total. The molecule has 0 heterocycles. The summed E-state index contributed by atoms with van der Waals surface area (Å²) >= 11 is 0. The van der Waals surface area contributed by atoms with E-state index in [1.807, 2.05) is 13.8 Å². The lowest BCUT2D eigenvalue weighted by molar-refractivity contribution is -0.113. The summed E-state index contributed by atoms with van der Waals surface area (Å²) in [6.07, 6.45) is 1.05. The van der Waals surface area contributed by atoms with Crippen LogP contribution in [-0.2, 0) is 4.79 Å². The minimum atomic E-state index is 0.167. The van der Waals surface area contributed by atoms with Crippen molar-refractivity contribution in [3.05, 3.63) is 22.3 Å². The first-order valence-corrected chi connectivity index (χ1v) is 4.76. The minimum absolute atomic E-state index is 0.167. The van der Waals surface area contributed by atoms with E-state index < -0.39 is 0 Å². The molecule has 0 aromatic heterocycles. The number of hydrogen-bond donors (Lipinski definition) is 0. The Morgan fingerprint density at radius 1 is 0.846 bits per heavy atom. The third-order valence-corrected chi connectivity index (χ3v) is 2.82. The second-order valence-electron chi connectivity index (χ2n) is 3.57. The zero-order valence-electron chi connectivity index (χ0n) is 9.62. The summed E-state index contributed by atoms with van der Waals surface area (Å²) in [5, 5.41) is 0. The number of hydrogen-bond acceptors (Lipinski definition) is 1. The van der Waals surface area contributed by atoms with E-state index >= 15 is 0 Å². The molecule has 0 aliphatic rings. The summed E-state index contributed by atoms with van der Waals surface area (Å²) in [5.41, 5.74) is 4.63. The molecular weight excluding hydrogens is 160 g/mol. The minimum Gasteiger partial charge on any atom is -0.295 e. The molecule has 0 aromatic carbocycles. The standard InChI is InChI=1S/C12H20O/c1-7-8(2)9(3)10(4)11(5)12(6)13/h7H2,1-6H3/b9-8+,11-10+. The summed E-state index contributed by atoms with van der Waals surface area (Å²) in [4.78, 5) is 11.1. The Morgan fingerprint density at radius 2 is 1.31 bits per heavy atom. The molecular formula is C12H20O. The van der Waals surface area contributed by atoms with Gasteiger partial charge in [-0.25, -0.2) is 0 Å². The quantitative estimate of drug-likeness (QED) is 0.478. The van der Waals surface area contributed by atoms with E-state index in [0.29, 0.717) is 0 Å². The molecule has 0 bridgehead atoms. The number of allylic oxidation sites excluding steroid dienone is 4. The second kappa shape index (κ2) is 5.00. The topological polar surface area (TPSA) is 17.1 Å². The molecule has 0 radical (unpaired) electrons. The van der Waals surface area contributed by atoms with Gasteiger partial charge in [-0.15, -0.1) is 0 Å². The smallest absolute Gasteiger partial charge is 0.155 e. The average molecular weight is 180 g/mol. The molecule has 1 heteroatoms. The number of carbonyl (C=O) groups is 1. The molecule has 0 aromatic rings. The fourth-order valence-electron chi connectivity index (χ4n) is 1.13. The van der Waals surface area contributed by atoms with Crippen molar-refractivity contribution < 1.29 is 4.79 Å². The number of Topliss-reactive ketones (excluding diaryl/α,β-unsaturated/α-hetero) is 1. The van der Waals surface area contributed by atoms with Crippen LogP contribution >= 0.6 is 0 Å². The fraction of sp³-hybridized carbons (Fsp3) is 0.583. The lowest BCUT2D eigenvalue weighted by Gasteiger charge is -2.09. The van der Waals surface area contributed by atoms with Gasteiger partial charge in [0.25, 0.3) is 0 Å². The zero-order chi connectivity index (χ0) is 10.6. The summed E-state index contributed by atoms with van der Waals surface area (Å²) in [7, 11) is 0. The Kier molecular flexibility index (Phi) is 4.68. The molecule has 0 amide bonds. The maximum absolute atomic E-state index is 11.1. The van der Waals surface area contributed by atoms with E-state index in [4.69, 9.17) is 0 Å². The van der Waals surface area contributed by atoms with Crippen molar-refractivity contribution >= 4 is 5.78 Å². The number of carbonyl (C=O) groups excluding carboxylic acids is 1. The van der Waals surface area contributed by atoms with Gasteiger partial charge in [-0.3, -0.25) is 4.79 Å². The van der Waals surface area contributed by atoms with Crippen molar-refractivity contribution in [1.82, 2.24) is 0 Å². The van der Waals surface area contributed by atoms with E-state index in [9.17, 15) is 4.79 Å². The number of ketones is 1. The second-order valence-corrected chi connectivity index (χ2v) is 3.57.